The molecule has 0 fully saturated rings. The summed E-state index contributed by atoms with van der Waals surface area (Å²) in [5.74, 6) is -1.93. The van der Waals surface area contributed by atoms with E-state index in [2.05, 4.69) is 23.2 Å². The van der Waals surface area contributed by atoms with Crippen LogP contribution in [0, 0.1) is 5.92 Å². The molecule has 0 rings (SSSR count). The van der Waals surface area contributed by atoms with Crippen molar-refractivity contribution >= 4 is 11.9 Å². The van der Waals surface area contributed by atoms with Crippen molar-refractivity contribution in [2.24, 2.45) is 5.92 Å². The van der Waals surface area contributed by atoms with Crippen molar-refractivity contribution in [3.8, 4) is 0 Å². The number of ether oxygens (including phenoxy) is 1. The molecule has 66 valence electrons. The zero-order valence-corrected chi connectivity index (χ0v) is 6.87. The first-order chi connectivity index (χ1) is 5.63. The van der Waals surface area contributed by atoms with Gasteiger partial charge in [0, 0.05) is 0 Å². The third kappa shape index (κ3) is 3.01. The Labute approximate surface area is 70.9 Å². The van der Waals surface area contributed by atoms with E-state index in [4.69, 9.17) is 0 Å². The van der Waals surface area contributed by atoms with E-state index in [9.17, 15) is 9.59 Å². The predicted octanol–water partition coefficient (Wildman–Crippen LogP) is 0.569. The van der Waals surface area contributed by atoms with Crippen LogP contribution >= 0.6 is 0 Å². The number of esters is 1. The van der Waals surface area contributed by atoms with Gasteiger partial charge in [0.1, 0.15) is 5.92 Å². The van der Waals surface area contributed by atoms with E-state index in [1.165, 1.54) is 13.1 Å². The second kappa shape index (κ2) is 5.12. The maximum atomic E-state index is 10.9. The standard InChI is InChI=1S/C8H11NO3/c1-4-9-7(10)6(3)8(11)12-5-2/h4-6H,1-2H2,3H3,(H,9,10). The number of rotatable bonds is 4. The molecule has 1 unspecified atom stereocenters. The van der Waals surface area contributed by atoms with E-state index in [0.29, 0.717) is 0 Å². The Morgan fingerprint density at radius 2 is 2.08 bits per heavy atom. The molecule has 0 bridgehead atoms. The summed E-state index contributed by atoms with van der Waals surface area (Å²) in [5, 5.41) is 2.27. The van der Waals surface area contributed by atoms with E-state index in [1.54, 1.807) is 0 Å². The molecule has 0 saturated heterocycles. The van der Waals surface area contributed by atoms with E-state index in [-0.39, 0.29) is 0 Å². The molecule has 0 aromatic carbocycles. The lowest BCUT2D eigenvalue weighted by Crippen LogP contribution is -2.30. The minimum Gasteiger partial charge on any atom is -0.435 e. The average Bonchev–Trinajstić information content (AvgIpc) is 2.04. The van der Waals surface area contributed by atoms with E-state index >= 15 is 0 Å². The van der Waals surface area contributed by atoms with Crippen molar-refractivity contribution in [2.45, 2.75) is 6.92 Å². The molecule has 4 heteroatoms. The summed E-state index contributed by atoms with van der Waals surface area (Å²) in [6.07, 6.45) is 2.19. The van der Waals surface area contributed by atoms with E-state index < -0.39 is 17.8 Å². The third-order valence-corrected chi connectivity index (χ3v) is 1.19. The molecule has 12 heavy (non-hydrogen) atoms. The minimum absolute atomic E-state index is 0.447. The van der Waals surface area contributed by atoms with Crippen LogP contribution in [0.5, 0.6) is 0 Å². The zero-order chi connectivity index (χ0) is 9.56. The Bertz CT molecular complexity index is 188. The molecule has 0 aromatic rings. The summed E-state index contributed by atoms with van der Waals surface area (Å²) in [4.78, 5) is 21.8. The number of nitrogens with one attached hydrogen (secondary N) is 1. The topological polar surface area (TPSA) is 55.4 Å². The van der Waals surface area contributed by atoms with Gasteiger partial charge in [0.25, 0.3) is 0 Å². The van der Waals surface area contributed by atoms with E-state index in [0.717, 1.165) is 6.26 Å². The average molecular weight is 169 g/mol. The molecular weight excluding hydrogens is 158 g/mol. The maximum absolute atomic E-state index is 10.9. The van der Waals surface area contributed by atoms with Gasteiger partial charge in [0.2, 0.25) is 5.91 Å². The van der Waals surface area contributed by atoms with Crippen molar-refractivity contribution in [1.29, 1.82) is 0 Å². The fourth-order valence-corrected chi connectivity index (χ4v) is 0.517. The number of carbonyl (C=O) groups is 2. The molecule has 1 N–H and O–H groups in total. The summed E-state index contributed by atoms with van der Waals surface area (Å²) >= 11 is 0. The van der Waals surface area contributed by atoms with Gasteiger partial charge in [-0.3, -0.25) is 9.59 Å². The summed E-state index contributed by atoms with van der Waals surface area (Å²) in [6.45, 7) is 7.91. The molecule has 1 amide bonds. The van der Waals surface area contributed by atoms with Gasteiger partial charge in [0.05, 0.1) is 6.26 Å². The van der Waals surface area contributed by atoms with Crippen LogP contribution in [0.15, 0.2) is 25.6 Å². The highest BCUT2D eigenvalue weighted by Crippen LogP contribution is 1.98. The number of carbonyl (C=O) groups excluding carboxylic acids is 2. The Hall–Kier alpha value is -1.58. The Kier molecular flexibility index (Phi) is 4.45. The lowest BCUT2D eigenvalue weighted by molar-refractivity contribution is -0.146. The lowest BCUT2D eigenvalue weighted by Gasteiger charge is -2.06. The highest BCUT2D eigenvalue weighted by atomic mass is 16.5. The Morgan fingerprint density at radius 3 is 2.50 bits per heavy atom. The number of hydrogen-bond acceptors (Lipinski definition) is 3. The van der Waals surface area contributed by atoms with Gasteiger partial charge < -0.3 is 10.1 Å². The first kappa shape index (κ1) is 10.4. The predicted molar refractivity (Wildman–Crippen MR) is 43.8 cm³/mol. The molecule has 0 aromatic heterocycles. The summed E-state index contributed by atoms with van der Waals surface area (Å²) in [5.41, 5.74) is 0. The van der Waals surface area contributed by atoms with Crippen LogP contribution in [0.25, 0.3) is 0 Å². The van der Waals surface area contributed by atoms with Crippen molar-refractivity contribution in [1.82, 2.24) is 5.32 Å². The molecular formula is C8H11NO3. The third-order valence-electron chi connectivity index (χ3n) is 1.19. The molecule has 0 aliphatic heterocycles. The van der Waals surface area contributed by atoms with Gasteiger partial charge in [-0.1, -0.05) is 13.2 Å². The highest BCUT2D eigenvalue weighted by molar-refractivity contribution is 5.97. The van der Waals surface area contributed by atoms with Crippen molar-refractivity contribution in [3.63, 3.8) is 0 Å². The highest BCUT2D eigenvalue weighted by Gasteiger charge is 2.21. The number of hydrogen-bond donors (Lipinski definition) is 1. The van der Waals surface area contributed by atoms with Crippen LogP contribution in [0.1, 0.15) is 6.92 Å². The summed E-state index contributed by atoms with van der Waals surface area (Å²) in [6, 6.07) is 0. The molecule has 1 atom stereocenters. The lowest BCUT2D eigenvalue weighted by atomic mass is 10.2. The molecule has 0 spiro atoms. The SMILES string of the molecule is C=CNC(=O)C(C)C(=O)OC=C. The van der Waals surface area contributed by atoms with Gasteiger partial charge in [-0.2, -0.15) is 0 Å². The Balaban J connectivity index is 4.07. The molecule has 0 aliphatic carbocycles. The molecule has 0 aliphatic rings. The van der Waals surface area contributed by atoms with E-state index in [1.807, 2.05) is 0 Å². The quantitative estimate of drug-likeness (QED) is 0.380. The van der Waals surface area contributed by atoms with Gasteiger partial charge in [-0.15, -0.1) is 0 Å². The molecule has 4 nitrogen and oxygen atoms in total. The van der Waals surface area contributed by atoms with Crippen molar-refractivity contribution < 1.29 is 14.3 Å². The van der Waals surface area contributed by atoms with Gasteiger partial charge >= 0.3 is 5.97 Å². The monoisotopic (exact) mass is 169 g/mol. The fourth-order valence-electron chi connectivity index (χ4n) is 0.517. The van der Waals surface area contributed by atoms with Crippen LogP contribution in [-0.4, -0.2) is 11.9 Å². The second-order valence-corrected chi connectivity index (χ2v) is 2.04. The smallest absolute Gasteiger partial charge is 0.322 e. The normalized spacial score (nSPS) is 11.1. The fraction of sp³-hybridized carbons (Fsp3) is 0.250. The Morgan fingerprint density at radius 1 is 1.50 bits per heavy atom. The zero-order valence-electron chi connectivity index (χ0n) is 6.87. The van der Waals surface area contributed by atoms with Gasteiger partial charge in [0.15, 0.2) is 0 Å². The molecule has 0 radical (unpaired) electrons. The van der Waals surface area contributed by atoms with Crippen LogP contribution in [0.4, 0.5) is 0 Å². The molecule has 0 saturated carbocycles. The van der Waals surface area contributed by atoms with Crippen LogP contribution < -0.4 is 5.32 Å². The van der Waals surface area contributed by atoms with Crippen LogP contribution in [0.2, 0.25) is 0 Å². The largest absolute Gasteiger partial charge is 0.435 e. The first-order valence-corrected chi connectivity index (χ1v) is 3.36. The summed E-state index contributed by atoms with van der Waals surface area (Å²) in [7, 11) is 0. The second-order valence-electron chi connectivity index (χ2n) is 2.04. The van der Waals surface area contributed by atoms with Crippen molar-refractivity contribution in [3.05, 3.63) is 25.6 Å². The molecule has 0 heterocycles. The first-order valence-electron chi connectivity index (χ1n) is 3.36. The maximum Gasteiger partial charge on any atom is 0.322 e. The van der Waals surface area contributed by atoms with Gasteiger partial charge in [-0.05, 0) is 13.1 Å². The van der Waals surface area contributed by atoms with Crippen LogP contribution in [-0.2, 0) is 14.3 Å². The van der Waals surface area contributed by atoms with Crippen molar-refractivity contribution in [2.75, 3.05) is 0 Å². The van der Waals surface area contributed by atoms with Crippen LogP contribution in [0.3, 0.4) is 0 Å². The van der Waals surface area contributed by atoms with Gasteiger partial charge in [-0.25, -0.2) is 0 Å². The summed E-state index contributed by atoms with van der Waals surface area (Å²) < 4.78 is 4.40. The number of amides is 1. The minimum atomic E-state index is -0.846.